The normalized spacial score (nSPS) is 10.1. The van der Waals surface area contributed by atoms with Gasteiger partial charge in [0, 0.05) is 22.6 Å². The highest BCUT2D eigenvalue weighted by Crippen LogP contribution is 2.21. The van der Waals surface area contributed by atoms with Gasteiger partial charge in [-0.15, -0.1) is 0 Å². The van der Waals surface area contributed by atoms with E-state index in [0.29, 0.717) is 0 Å². The van der Waals surface area contributed by atoms with Crippen molar-refractivity contribution in [3.63, 3.8) is 0 Å². The lowest BCUT2D eigenvalue weighted by molar-refractivity contribution is 0.754. The summed E-state index contributed by atoms with van der Waals surface area (Å²) in [5.74, 6) is 0. The third-order valence-electron chi connectivity index (χ3n) is 1.99. The molecule has 0 spiro atoms. The third-order valence-corrected chi connectivity index (χ3v) is 2.96. The Morgan fingerprint density at radius 3 is 2.80 bits per heavy atom. The number of allylic oxidation sites excluding steroid dienone is 1. The zero-order valence-electron chi connectivity index (χ0n) is 8.98. The molecule has 0 aliphatic carbocycles. The summed E-state index contributed by atoms with van der Waals surface area (Å²) >= 11 is 9.35. The number of halogens is 2. The summed E-state index contributed by atoms with van der Waals surface area (Å²) in [6.45, 7) is 5.94. The molecule has 0 unspecified atom stereocenters. The highest BCUT2D eigenvalue weighted by atomic mass is 79.9. The monoisotopic (exact) mass is 287 g/mol. The topological polar surface area (TPSA) is 12.0 Å². The third kappa shape index (κ3) is 4.83. The molecule has 0 radical (unpaired) electrons. The number of hydrogen-bond donors (Lipinski definition) is 1. The SMILES string of the molecule is CC(C)=CCNCc1ccc(Cl)cc1Br. The van der Waals surface area contributed by atoms with Crippen molar-refractivity contribution in [2.45, 2.75) is 20.4 Å². The number of hydrogen-bond acceptors (Lipinski definition) is 1. The lowest BCUT2D eigenvalue weighted by atomic mass is 10.2. The Morgan fingerprint density at radius 1 is 1.47 bits per heavy atom. The van der Waals surface area contributed by atoms with Crippen molar-refractivity contribution in [1.82, 2.24) is 5.32 Å². The molecule has 0 saturated heterocycles. The Hall–Kier alpha value is -0.310. The Morgan fingerprint density at radius 2 is 2.20 bits per heavy atom. The van der Waals surface area contributed by atoms with Gasteiger partial charge in [0.15, 0.2) is 0 Å². The van der Waals surface area contributed by atoms with E-state index in [-0.39, 0.29) is 0 Å². The van der Waals surface area contributed by atoms with E-state index in [4.69, 9.17) is 11.6 Å². The maximum Gasteiger partial charge on any atom is 0.0417 e. The summed E-state index contributed by atoms with van der Waals surface area (Å²) in [5, 5.41) is 4.10. The predicted octanol–water partition coefficient (Wildman–Crippen LogP) is 4.16. The molecular formula is C12H15BrClN. The molecule has 1 N–H and O–H groups in total. The zero-order valence-corrected chi connectivity index (χ0v) is 11.3. The highest BCUT2D eigenvalue weighted by Gasteiger charge is 1.99. The number of nitrogens with one attached hydrogen (secondary N) is 1. The average molecular weight is 289 g/mol. The van der Waals surface area contributed by atoms with Crippen LogP contribution in [0.15, 0.2) is 34.3 Å². The van der Waals surface area contributed by atoms with E-state index in [0.717, 1.165) is 22.6 Å². The second-order valence-electron chi connectivity index (χ2n) is 3.65. The molecule has 1 nitrogen and oxygen atoms in total. The van der Waals surface area contributed by atoms with Gasteiger partial charge in [-0.1, -0.05) is 45.2 Å². The Bertz CT molecular complexity index is 357. The number of rotatable bonds is 4. The summed E-state index contributed by atoms with van der Waals surface area (Å²) in [6.07, 6.45) is 2.17. The second kappa shape index (κ2) is 6.31. The van der Waals surface area contributed by atoms with Gasteiger partial charge in [-0.3, -0.25) is 0 Å². The van der Waals surface area contributed by atoms with Gasteiger partial charge in [0.25, 0.3) is 0 Å². The quantitative estimate of drug-likeness (QED) is 0.648. The standard InChI is InChI=1S/C12H15BrClN/c1-9(2)5-6-15-8-10-3-4-11(14)7-12(10)13/h3-5,7,15H,6,8H2,1-2H3. The van der Waals surface area contributed by atoms with Crippen LogP contribution in [0.2, 0.25) is 5.02 Å². The first kappa shape index (κ1) is 12.8. The summed E-state index contributed by atoms with van der Waals surface area (Å²) in [7, 11) is 0. The summed E-state index contributed by atoms with van der Waals surface area (Å²) in [6, 6.07) is 5.85. The molecule has 1 rings (SSSR count). The van der Waals surface area contributed by atoms with Crippen molar-refractivity contribution >= 4 is 27.5 Å². The van der Waals surface area contributed by atoms with Gasteiger partial charge < -0.3 is 5.32 Å². The fourth-order valence-electron chi connectivity index (χ4n) is 1.15. The van der Waals surface area contributed by atoms with Crippen molar-refractivity contribution in [1.29, 1.82) is 0 Å². The summed E-state index contributed by atoms with van der Waals surface area (Å²) in [5.41, 5.74) is 2.55. The molecular weight excluding hydrogens is 273 g/mol. The maximum absolute atomic E-state index is 5.86. The van der Waals surface area contributed by atoms with E-state index < -0.39 is 0 Å². The van der Waals surface area contributed by atoms with E-state index in [1.807, 2.05) is 18.2 Å². The summed E-state index contributed by atoms with van der Waals surface area (Å²) in [4.78, 5) is 0. The van der Waals surface area contributed by atoms with Crippen LogP contribution < -0.4 is 5.32 Å². The fraction of sp³-hybridized carbons (Fsp3) is 0.333. The molecule has 0 saturated carbocycles. The zero-order chi connectivity index (χ0) is 11.3. The first-order valence-electron chi connectivity index (χ1n) is 4.87. The molecule has 0 aliphatic rings. The van der Waals surface area contributed by atoms with Gasteiger partial charge >= 0.3 is 0 Å². The molecule has 0 atom stereocenters. The van der Waals surface area contributed by atoms with Gasteiger partial charge in [-0.2, -0.15) is 0 Å². The van der Waals surface area contributed by atoms with Crippen LogP contribution in [0.4, 0.5) is 0 Å². The van der Waals surface area contributed by atoms with Crippen molar-refractivity contribution in [2.24, 2.45) is 0 Å². The Balaban J connectivity index is 2.47. The number of benzene rings is 1. The largest absolute Gasteiger partial charge is 0.309 e. The fourth-order valence-corrected chi connectivity index (χ4v) is 1.97. The average Bonchev–Trinajstić information content (AvgIpc) is 2.14. The highest BCUT2D eigenvalue weighted by molar-refractivity contribution is 9.10. The van der Waals surface area contributed by atoms with Gasteiger partial charge in [-0.05, 0) is 31.5 Å². The molecule has 1 aromatic rings. The van der Waals surface area contributed by atoms with E-state index in [2.05, 4.69) is 41.2 Å². The van der Waals surface area contributed by atoms with Gasteiger partial charge in [0.1, 0.15) is 0 Å². The van der Waals surface area contributed by atoms with Gasteiger partial charge in [0.2, 0.25) is 0 Å². The molecule has 82 valence electrons. The van der Waals surface area contributed by atoms with Crippen LogP contribution in [0.25, 0.3) is 0 Å². The minimum absolute atomic E-state index is 0.759. The van der Waals surface area contributed by atoms with E-state index >= 15 is 0 Å². The first-order chi connectivity index (χ1) is 7.09. The minimum atomic E-state index is 0.759. The molecule has 3 heteroatoms. The molecule has 0 amide bonds. The van der Waals surface area contributed by atoms with Crippen LogP contribution >= 0.6 is 27.5 Å². The Kier molecular flexibility index (Phi) is 5.37. The van der Waals surface area contributed by atoms with Crippen LogP contribution in [-0.4, -0.2) is 6.54 Å². The van der Waals surface area contributed by atoms with Gasteiger partial charge in [0.05, 0.1) is 0 Å². The predicted molar refractivity (Wildman–Crippen MR) is 70.3 cm³/mol. The Labute approximate surface area is 105 Å². The van der Waals surface area contributed by atoms with Crippen LogP contribution in [0, 0.1) is 0 Å². The lowest BCUT2D eigenvalue weighted by Crippen LogP contribution is -2.13. The molecule has 0 heterocycles. The van der Waals surface area contributed by atoms with Crippen molar-refractivity contribution in [2.75, 3.05) is 6.54 Å². The first-order valence-corrected chi connectivity index (χ1v) is 6.04. The van der Waals surface area contributed by atoms with Crippen LogP contribution in [0.3, 0.4) is 0 Å². The molecule has 0 aromatic heterocycles. The molecule has 15 heavy (non-hydrogen) atoms. The molecule has 0 fully saturated rings. The van der Waals surface area contributed by atoms with Crippen LogP contribution in [-0.2, 0) is 6.54 Å². The molecule has 0 bridgehead atoms. The van der Waals surface area contributed by atoms with Crippen LogP contribution in [0.1, 0.15) is 19.4 Å². The van der Waals surface area contributed by atoms with E-state index in [1.165, 1.54) is 11.1 Å². The maximum atomic E-state index is 5.86. The van der Waals surface area contributed by atoms with E-state index in [9.17, 15) is 0 Å². The van der Waals surface area contributed by atoms with Crippen molar-refractivity contribution < 1.29 is 0 Å². The summed E-state index contributed by atoms with van der Waals surface area (Å²) < 4.78 is 1.06. The smallest absolute Gasteiger partial charge is 0.0417 e. The van der Waals surface area contributed by atoms with Crippen LogP contribution in [0.5, 0.6) is 0 Å². The van der Waals surface area contributed by atoms with Crippen molar-refractivity contribution in [3.05, 3.63) is 44.9 Å². The lowest BCUT2D eigenvalue weighted by Gasteiger charge is -2.05. The van der Waals surface area contributed by atoms with Crippen molar-refractivity contribution in [3.8, 4) is 0 Å². The second-order valence-corrected chi connectivity index (χ2v) is 4.94. The van der Waals surface area contributed by atoms with Gasteiger partial charge in [-0.25, -0.2) is 0 Å². The minimum Gasteiger partial charge on any atom is -0.309 e. The molecule has 0 aliphatic heterocycles. The molecule has 1 aromatic carbocycles. The van der Waals surface area contributed by atoms with E-state index in [1.54, 1.807) is 0 Å².